The molecule has 0 aliphatic rings. The summed E-state index contributed by atoms with van der Waals surface area (Å²) in [5, 5.41) is 5.58. The lowest BCUT2D eigenvalue weighted by Gasteiger charge is -2.19. The van der Waals surface area contributed by atoms with Crippen molar-refractivity contribution < 1.29 is 0 Å². The molecule has 1 N–H and O–H groups in total. The highest BCUT2D eigenvalue weighted by Gasteiger charge is 2.08. The quantitative estimate of drug-likeness (QED) is 0.844. The Labute approximate surface area is 118 Å². The average Bonchev–Trinajstić information content (AvgIpc) is 2.80. The van der Waals surface area contributed by atoms with Crippen molar-refractivity contribution in [3.05, 3.63) is 17.3 Å². The van der Waals surface area contributed by atoms with E-state index in [2.05, 4.69) is 46.3 Å². The normalized spacial score (nSPS) is 11.4. The minimum absolute atomic E-state index is 0.927. The Hall–Kier alpha value is -1.20. The second-order valence-electron chi connectivity index (χ2n) is 4.68. The van der Waals surface area contributed by atoms with Crippen molar-refractivity contribution in [3.8, 4) is 0 Å². The number of fused-ring (bicyclic) bond motifs is 1. The summed E-state index contributed by atoms with van der Waals surface area (Å²) in [6.45, 7) is 10.8. The fourth-order valence-corrected chi connectivity index (χ4v) is 3.14. The summed E-state index contributed by atoms with van der Waals surface area (Å²) in [5.74, 6) is 0.968. The van der Waals surface area contributed by atoms with Gasteiger partial charge in [0.25, 0.3) is 0 Å². The van der Waals surface area contributed by atoms with Gasteiger partial charge in [-0.05, 0) is 37.4 Å². The van der Waals surface area contributed by atoms with Crippen LogP contribution in [0.15, 0.2) is 11.7 Å². The molecule has 0 unspecified atom stereocenters. The maximum absolute atomic E-state index is 4.36. The second kappa shape index (κ2) is 6.82. The molecule has 0 saturated heterocycles. The molecule has 0 bridgehead atoms. The predicted octanol–water partition coefficient (Wildman–Crippen LogP) is 3.14. The zero-order valence-electron chi connectivity index (χ0n) is 11.9. The number of aromatic nitrogens is 2. The summed E-state index contributed by atoms with van der Waals surface area (Å²) in [7, 11) is 0. The van der Waals surface area contributed by atoms with Gasteiger partial charge in [-0.2, -0.15) is 0 Å². The van der Waals surface area contributed by atoms with Crippen LogP contribution in [0.25, 0.3) is 10.2 Å². The Bertz CT molecular complexity index is 523. The molecule has 2 heterocycles. The molecule has 2 aromatic heterocycles. The van der Waals surface area contributed by atoms with E-state index in [0.29, 0.717) is 0 Å². The first-order chi connectivity index (χ1) is 9.26. The van der Waals surface area contributed by atoms with Crippen LogP contribution in [0.5, 0.6) is 0 Å². The molecule has 2 aromatic rings. The van der Waals surface area contributed by atoms with Gasteiger partial charge >= 0.3 is 0 Å². The summed E-state index contributed by atoms with van der Waals surface area (Å²) in [6, 6.07) is 0. The van der Waals surface area contributed by atoms with Crippen molar-refractivity contribution in [2.45, 2.75) is 27.2 Å². The third-order valence-electron chi connectivity index (χ3n) is 3.24. The highest BCUT2D eigenvalue weighted by atomic mass is 32.1. The van der Waals surface area contributed by atoms with Crippen molar-refractivity contribution in [1.29, 1.82) is 0 Å². The molecule has 0 radical (unpaired) electrons. The Balaban J connectivity index is 1.98. The first kappa shape index (κ1) is 14.2. The van der Waals surface area contributed by atoms with Gasteiger partial charge in [0.15, 0.2) is 0 Å². The summed E-state index contributed by atoms with van der Waals surface area (Å²) in [5.41, 5.74) is 2.30. The zero-order valence-corrected chi connectivity index (χ0v) is 12.8. The molecule has 0 fully saturated rings. The van der Waals surface area contributed by atoms with Gasteiger partial charge in [-0.1, -0.05) is 13.8 Å². The summed E-state index contributed by atoms with van der Waals surface area (Å²) in [4.78, 5) is 11.1. The molecule has 2 rings (SSSR count). The molecule has 0 aliphatic carbocycles. The zero-order chi connectivity index (χ0) is 13.7. The van der Waals surface area contributed by atoms with Crippen LogP contribution in [-0.4, -0.2) is 41.0 Å². The van der Waals surface area contributed by atoms with Crippen molar-refractivity contribution in [2.75, 3.05) is 31.5 Å². The standard InChI is InChI=1S/C14H22N4S/c1-4-7-18(5-2)8-6-15-14-13-12(16-10-17-14)11(3)9-19-13/h9-10H,4-8H2,1-3H3,(H,15,16,17). The van der Waals surface area contributed by atoms with Crippen LogP contribution in [-0.2, 0) is 0 Å². The van der Waals surface area contributed by atoms with Crippen LogP contribution in [0.2, 0.25) is 0 Å². The van der Waals surface area contributed by atoms with Crippen LogP contribution in [0, 0.1) is 6.92 Å². The molecule has 0 saturated carbocycles. The Morgan fingerprint density at radius 2 is 2.11 bits per heavy atom. The first-order valence-corrected chi connectivity index (χ1v) is 7.79. The lowest BCUT2D eigenvalue weighted by atomic mass is 10.3. The number of aryl methyl sites for hydroxylation is 1. The van der Waals surface area contributed by atoms with E-state index in [9.17, 15) is 0 Å². The van der Waals surface area contributed by atoms with E-state index in [1.165, 1.54) is 16.7 Å². The van der Waals surface area contributed by atoms with Crippen LogP contribution in [0.3, 0.4) is 0 Å². The lowest BCUT2D eigenvalue weighted by molar-refractivity contribution is 0.300. The maximum atomic E-state index is 4.36. The Morgan fingerprint density at radius 3 is 2.84 bits per heavy atom. The van der Waals surface area contributed by atoms with Gasteiger partial charge in [0.1, 0.15) is 12.1 Å². The lowest BCUT2D eigenvalue weighted by Crippen LogP contribution is -2.29. The molecule has 0 amide bonds. The fraction of sp³-hybridized carbons (Fsp3) is 0.571. The summed E-state index contributed by atoms with van der Waals surface area (Å²) < 4.78 is 1.17. The Kier molecular flexibility index (Phi) is 5.10. The smallest absolute Gasteiger partial charge is 0.147 e. The number of hydrogen-bond acceptors (Lipinski definition) is 5. The fourth-order valence-electron chi connectivity index (χ4n) is 2.17. The van der Waals surface area contributed by atoms with Crippen LogP contribution < -0.4 is 5.32 Å². The highest BCUT2D eigenvalue weighted by Crippen LogP contribution is 2.28. The van der Waals surface area contributed by atoms with Crippen molar-refractivity contribution in [2.24, 2.45) is 0 Å². The molecular formula is C14H22N4S. The largest absolute Gasteiger partial charge is 0.367 e. The summed E-state index contributed by atoms with van der Waals surface area (Å²) in [6.07, 6.45) is 2.85. The van der Waals surface area contributed by atoms with Crippen molar-refractivity contribution in [3.63, 3.8) is 0 Å². The van der Waals surface area contributed by atoms with Gasteiger partial charge in [-0.3, -0.25) is 0 Å². The van der Waals surface area contributed by atoms with Gasteiger partial charge in [0.05, 0.1) is 10.2 Å². The molecular weight excluding hydrogens is 256 g/mol. The third-order valence-corrected chi connectivity index (χ3v) is 4.33. The van der Waals surface area contributed by atoms with E-state index in [4.69, 9.17) is 0 Å². The van der Waals surface area contributed by atoms with Gasteiger partial charge < -0.3 is 10.2 Å². The van der Waals surface area contributed by atoms with Crippen LogP contribution >= 0.6 is 11.3 Å². The average molecular weight is 278 g/mol. The molecule has 0 aliphatic heterocycles. The van der Waals surface area contributed by atoms with Gasteiger partial charge in [-0.15, -0.1) is 11.3 Å². The minimum Gasteiger partial charge on any atom is -0.367 e. The first-order valence-electron chi connectivity index (χ1n) is 6.91. The van der Waals surface area contributed by atoms with Crippen LogP contribution in [0.1, 0.15) is 25.8 Å². The SMILES string of the molecule is CCCN(CC)CCNc1ncnc2c(C)csc12. The molecule has 0 atom stereocenters. The number of rotatable bonds is 7. The van der Waals surface area contributed by atoms with E-state index < -0.39 is 0 Å². The second-order valence-corrected chi connectivity index (χ2v) is 5.56. The number of nitrogens with one attached hydrogen (secondary N) is 1. The molecule has 19 heavy (non-hydrogen) atoms. The maximum Gasteiger partial charge on any atom is 0.147 e. The van der Waals surface area contributed by atoms with Gasteiger partial charge in [-0.25, -0.2) is 9.97 Å². The van der Waals surface area contributed by atoms with Crippen LogP contribution in [0.4, 0.5) is 5.82 Å². The van der Waals surface area contributed by atoms with E-state index in [0.717, 1.165) is 37.5 Å². The van der Waals surface area contributed by atoms with Crippen molar-refractivity contribution >= 4 is 27.4 Å². The molecule has 0 spiro atoms. The van der Waals surface area contributed by atoms with E-state index in [1.54, 1.807) is 17.7 Å². The Morgan fingerprint density at radius 1 is 1.26 bits per heavy atom. The monoisotopic (exact) mass is 278 g/mol. The number of hydrogen-bond donors (Lipinski definition) is 1. The topological polar surface area (TPSA) is 41.0 Å². The minimum atomic E-state index is 0.927. The predicted molar refractivity (Wildman–Crippen MR) is 83.0 cm³/mol. The number of thiophene rings is 1. The molecule has 4 nitrogen and oxygen atoms in total. The molecule has 104 valence electrons. The molecule has 0 aromatic carbocycles. The van der Waals surface area contributed by atoms with Crippen molar-refractivity contribution in [1.82, 2.24) is 14.9 Å². The van der Waals surface area contributed by atoms with Gasteiger partial charge in [0, 0.05) is 13.1 Å². The van der Waals surface area contributed by atoms with Gasteiger partial charge in [0.2, 0.25) is 0 Å². The molecule has 5 heteroatoms. The van der Waals surface area contributed by atoms with E-state index >= 15 is 0 Å². The number of nitrogens with zero attached hydrogens (tertiary/aromatic N) is 3. The third kappa shape index (κ3) is 3.42. The number of likely N-dealkylation sites (N-methyl/N-ethyl adjacent to an activating group) is 1. The highest BCUT2D eigenvalue weighted by molar-refractivity contribution is 7.18. The number of anilines is 1. The van der Waals surface area contributed by atoms with E-state index in [-0.39, 0.29) is 0 Å². The van der Waals surface area contributed by atoms with E-state index in [1.807, 2.05) is 0 Å². The summed E-state index contributed by atoms with van der Waals surface area (Å²) >= 11 is 1.71.